The number of aliphatic hydroxyl groups excluding tert-OH is 1. The van der Waals surface area contributed by atoms with Crippen LogP contribution in [0.4, 0.5) is 0 Å². The van der Waals surface area contributed by atoms with Gasteiger partial charge in [0.15, 0.2) is 0 Å². The third-order valence-electron chi connectivity index (χ3n) is 1.72. The first-order valence-electron chi connectivity index (χ1n) is 3.80. The molecule has 0 spiro atoms. The maximum absolute atomic E-state index is 9.33. The summed E-state index contributed by atoms with van der Waals surface area (Å²) in [6, 6.07) is 7.20. The highest BCUT2D eigenvalue weighted by Gasteiger charge is 2.03. The van der Waals surface area contributed by atoms with E-state index in [1.54, 1.807) is 31.4 Å². The minimum Gasteiger partial charge on any atom is -0.497 e. The van der Waals surface area contributed by atoms with E-state index < -0.39 is 6.10 Å². The van der Waals surface area contributed by atoms with Crippen molar-refractivity contribution >= 4 is 12.4 Å². The Labute approximate surface area is 83.9 Å². The second-order valence-electron chi connectivity index (χ2n) is 2.52. The Morgan fingerprint density at radius 1 is 1.38 bits per heavy atom. The van der Waals surface area contributed by atoms with Crippen molar-refractivity contribution in [2.24, 2.45) is 5.73 Å². The number of nitrogens with two attached hydrogens (primary N) is 1. The number of halogens is 1. The highest BCUT2D eigenvalue weighted by atomic mass is 35.5. The minimum absolute atomic E-state index is 0. The molecule has 4 heteroatoms. The topological polar surface area (TPSA) is 55.5 Å². The summed E-state index contributed by atoms with van der Waals surface area (Å²) in [7, 11) is 1.61. The van der Waals surface area contributed by atoms with Crippen LogP contribution in [0.15, 0.2) is 24.3 Å². The van der Waals surface area contributed by atoms with Gasteiger partial charge in [-0.1, -0.05) is 12.1 Å². The molecule has 1 rings (SSSR count). The Morgan fingerprint density at radius 3 is 2.31 bits per heavy atom. The van der Waals surface area contributed by atoms with E-state index in [0.717, 1.165) is 11.3 Å². The van der Waals surface area contributed by atoms with E-state index in [1.165, 1.54) is 0 Å². The molecule has 3 nitrogen and oxygen atoms in total. The lowest BCUT2D eigenvalue weighted by Gasteiger charge is -2.07. The fourth-order valence-corrected chi connectivity index (χ4v) is 0.962. The zero-order valence-electron chi connectivity index (χ0n) is 7.43. The molecular weight excluding hydrogens is 190 g/mol. The van der Waals surface area contributed by atoms with Crippen molar-refractivity contribution in [2.45, 2.75) is 6.10 Å². The van der Waals surface area contributed by atoms with Crippen molar-refractivity contribution in [3.05, 3.63) is 29.8 Å². The van der Waals surface area contributed by atoms with Crippen molar-refractivity contribution < 1.29 is 9.84 Å². The average molecular weight is 204 g/mol. The molecule has 0 fully saturated rings. The van der Waals surface area contributed by atoms with Crippen LogP contribution in [-0.4, -0.2) is 18.8 Å². The van der Waals surface area contributed by atoms with Crippen molar-refractivity contribution in [2.75, 3.05) is 13.7 Å². The maximum Gasteiger partial charge on any atom is 0.118 e. The lowest BCUT2D eigenvalue weighted by Crippen LogP contribution is -2.11. The molecular formula is C9H14ClNO2. The van der Waals surface area contributed by atoms with Crippen LogP contribution in [0.25, 0.3) is 0 Å². The number of benzene rings is 1. The summed E-state index contributed by atoms with van der Waals surface area (Å²) in [5.74, 6) is 0.781. The summed E-state index contributed by atoms with van der Waals surface area (Å²) in [5.41, 5.74) is 6.11. The Morgan fingerprint density at radius 2 is 1.92 bits per heavy atom. The Balaban J connectivity index is 0.00000144. The third-order valence-corrected chi connectivity index (χ3v) is 1.72. The second kappa shape index (κ2) is 5.80. The van der Waals surface area contributed by atoms with Gasteiger partial charge in [-0.3, -0.25) is 0 Å². The summed E-state index contributed by atoms with van der Waals surface area (Å²) in [6.07, 6.45) is -0.573. The van der Waals surface area contributed by atoms with Gasteiger partial charge in [-0.15, -0.1) is 12.4 Å². The van der Waals surface area contributed by atoms with E-state index in [0.29, 0.717) is 0 Å². The number of methoxy groups -OCH3 is 1. The molecule has 0 aliphatic carbocycles. The molecule has 0 aromatic heterocycles. The fourth-order valence-electron chi connectivity index (χ4n) is 0.962. The molecule has 0 unspecified atom stereocenters. The zero-order valence-corrected chi connectivity index (χ0v) is 8.25. The Kier molecular flexibility index (Phi) is 5.46. The standard InChI is InChI=1S/C9H13NO2.ClH/c1-12-8-4-2-7(3-5-8)9(11)6-10;/h2-5,9,11H,6,10H2,1H3;1H/t9-;/m0./s1. The number of hydrogen-bond acceptors (Lipinski definition) is 3. The van der Waals surface area contributed by atoms with Gasteiger partial charge in [-0.2, -0.15) is 0 Å². The molecule has 0 radical (unpaired) electrons. The maximum atomic E-state index is 9.33. The van der Waals surface area contributed by atoms with Crippen molar-refractivity contribution in [1.29, 1.82) is 0 Å². The summed E-state index contributed by atoms with van der Waals surface area (Å²) in [5, 5.41) is 9.33. The van der Waals surface area contributed by atoms with Gasteiger partial charge < -0.3 is 15.6 Å². The van der Waals surface area contributed by atoms with Gasteiger partial charge >= 0.3 is 0 Å². The number of hydrogen-bond donors (Lipinski definition) is 2. The monoisotopic (exact) mass is 203 g/mol. The molecule has 0 aliphatic heterocycles. The van der Waals surface area contributed by atoms with E-state index in [2.05, 4.69) is 0 Å². The normalized spacial score (nSPS) is 11.6. The highest BCUT2D eigenvalue weighted by Crippen LogP contribution is 2.16. The Hall–Kier alpha value is -0.770. The molecule has 0 aliphatic rings. The van der Waals surface area contributed by atoms with Gasteiger partial charge in [0.2, 0.25) is 0 Å². The summed E-state index contributed by atoms with van der Waals surface area (Å²) < 4.78 is 4.97. The zero-order chi connectivity index (χ0) is 8.97. The van der Waals surface area contributed by atoms with Crippen molar-refractivity contribution in [1.82, 2.24) is 0 Å². The lowest BCUT2D eigenvalue weighted by molar-refractivity contribution is 0.186. The molecule has 1 aromatic rings. The van der Waals surface area contributed by atoms with Crippen LogP contribution in [0.3, 0.4) is 0 Å². The van der Waals surface area contributed by atoms with E-state index in [4.69, 9.17) is 10.5 Å². The van der Waals surface area contributed by atoms with Crippen LogP contribution < -0.4 is 10.5 Å². The van der Waals surface area contributed by atoms with Crippen LogP contribution >= 0.6 is 12.4 Å². The van der Waals surface area contributed by atoms with Crippen LogP contribution in [0, 0.1) is 0 Å². The third kappa shape index (κ3) is 3.22. The molecule has 13 heavy (non-hydrogen) atoms. The summed E-state index contributed by atoms with van der Waals surface area (Å²) in [4.78, 5) is 0. The smallest absolute Gasteiger partial charge is 0.118 e. The summed E-state index contributed by atoms with van der Waals surface area (Å²) >= 11 is 0. The quantitative estimate of drug-likeness (QED) is 0.774. The Bertz CT molecular complexity index is 238. The SMILES string of the molecule is COc1ccc([C@@H](O)CN)cc1.Cl. The van der Waals surface area contributed by atoms with Crippen molar-refractivity contribution in [3.8, 4) is 5.75 Å². The van der Waals surface area contributed by atoms with Gasteiger partial charge in [0.25, 0.3) is 0 Å². The van der Waals surface area contributed by atoms with Gasteiger partial charge in [0.05, 0.1) is 13.2 Å². The van der Waals surface area contributed by atoms with E-state index >= 15 is 0 Å². The number of ether oxygens (including phenoxy) is 1. The first kappa shape index (κ1) is 12.2. The minimum atomic E-state index is -0.573. The number of aliphatic hydroxyl groups is 1. The van der Waals surface area contributed by atoms with Gasteiger partial charge in [0, 0.05) is 6.54 Å². The van der Waals surface area contributed by atoms with Crippen molar-refractivity contribution in [3.63, 3.8) is 0 Å². The van der Waals surface area contributed by atoms with Crippen LogP contribution in [0.1, 0.15) is 11.7 Å². The van der Waals surface area contributed by atoms with Crippen LogP contribution in [-0.2, 0) is 0 Å². The average Bonchev–Trinajstić information content (AvgIpc) is 2.17. The fraction of sp³-hybridized carbons (Fsp3) is 0.333. The first-order valence-corrected chi connectivity index (χ1v) is 3.80. The largest absolute Gasteiger partial charge is 0.497 e. The van der Waals surface area contributed by atoms with E-state index in [-0.39, 0.29) is 19.0 Å². The molecule has 0 heterocycles. The lowest BCUT2D eigenvalue weighted by atomic mass is 10.1. The predicted octanol–water partition coefficient (Wildman–Crippen LogP) is 1.11. The molecule has 1 aromatic carbocycles. The van der Waals surface area contributed by atoms with Gasteiger partial charge in [0.1, 0.15) is 5.75 Å². The summed E-state index contributed by atoms with van der Waals surface area (Å²) in [6.45, 7) is 0.242. The van der Waals surface area contributed by atoms with Crippen LogP contribution in [0.5, 0.6) is 5.75 Å². The van der Waals surface area contributed by atoms with Crippen LogP contribution in [0.2, 0.25) is 0 Å². The predicted molar refractivity (Wildman–Crippen MR) is 54.3 cm³/mol. The number of rotatable bonds is 3. The van der Waals surface area contributed by atoms with Gasteiger partial charge in [-0.05, 0) is 17.7 Å². The molecule has 0 bridgehead atoms. The second-order valence-corrected chi connectivity index (χ2v) is 2.52. The molecule has 3 N–H and O–H groups in total. The molecule has 1 atom stereocenters. The highest BCUT2D eigenvalue weighted by molar-refractivity contribution is 5.85. The first-order chi connectivity index (χ1) is 5.77. The van der Waals surface area contributed by atoms with E-state index in [1.807, 2.05) is 0 Å². The van der Waals surface area contributed by atoms with E-state index in [9.17, 15) is 5.11 Å². The molecule has 0 saturated carbocycles. The van der Waals surface area contributed by atoms with Gasteiger partial charge in [-0.25, -0.2) is 0 Å². The molecule has 0 saturated heterocycles. The molecule has 0 amide bonds. The molecule has 74 valence electrons.